The summed E-state index contributed by atoms with van der Waals surface area (Å²) in [5.74, 6) is 2.56. The van der Waals surface area contributed by atoms with E-state index in [1.807, 2.05) is 24.3 Å². The van der Waals surface area contributed by atoms with Crippen molar-refractivity contribution in [3.63, 3.8) is 0 Å². The van der Waals surface area contributed by atoms with E-state index < -0.39 is 0 Å². The summed E-state index contributed by atoms with van der Waals surface area (Å²) < 4.78 is 10.6. The lowest BCUT2D eigenvalue weighted by Gasteiger charge is -2.15. The fraction of sp³-hybridized carbons (Fsp3) is 0.357. The van der Waals surface area contributed by atoms with E-state index in [0.29, 0.717) is 6.04 Å². The van der Waals surface area contributed by atoms with Gasteiger partial charge in [0.15, 0.2) is 11.6 Å². The number of ether oxygens (including phenoxy) is 1. The summed E-state index contributed by atoms with van der Waals surface area (Å²) in [7, 11) is 1.65. The van der Waals surface area contributed by atoms with Gasteiger partial charge < -0.3 is 14.5 Å². The van der Waals surface area contributed by atoms with Crippen LogP contribution in [0.4, 0.5) is 5.82 Å². The van der Waals surface area contributed by atoms with Crippen LogP contribution in [0.5, 0.6) is 5.75 Å². The van der Waals surface area contributed by atoms with Crippen molar-refractivity contribution in [2.45, 2.75) is 25.8 Å². The second-order valence-corrected chi connectivity index (χ2v) is 4.22. The molecule has 0 saturated heterocycles. The highest BCUT2D eigenvalue weighted by Crippen LogP contribution is 2.21. The fourth-order valence-corrected chi connectivity index (χ4v) is 1.78. The Balaban J connectivity index is 1.88. The molecule has 0 aliphatic heterocycles. The molecule has 96 valence electrons. The first-order valence-electron chi connectivity index (χ1n) is 6.07. The molecule has 18 heavy (non-hydrogen) atoms. The average molecular weight is 246 g/mol. The molecule has 1 atom stereocenters. The molecule has 0 aliphatic carbocycles. The molecular weight excluding hydrogens is 228 g/mol. The summed E-state index contributed by atoms with van der Waals surface area (Å²) in [5, 5.41) is 3.35. The summed E-state index contributed by atoms with van der Waals surface area (Å²) in [6.07, 6.45) is 5.35. The Labute approximate surface area is 107 Å². The molecule has 2 heterocycles. The number of methoxy groups -OCH3 is 1. The summed E-state index contributed by atoms with van der Waals surface area (Å²) in [5.41, 5.74) is 0. The summed E-state index contributed by atoms with van der Waals surface area (Å²) in [4.78, 5) is 4.27. The second kappa shape index (κ2) is 6.10. The molecule has 0 aliphatic rings. The minimum atomic E-state index is 0.305. The number of nitrogens with one attached hydrogen (secondary N) is 1. The molecule has 0 bridgehead atoms. The van der Waals surface area contributed by atoms with Crippen molar-refractivity contribution in [1.82, 2.24) is 4.98 Å². The van der Waals surface area contributed by atoms with E-state index in [-0.39, 0.29) is 0 Å². The Kier molecular flexibility index (Phi) is 4.23. The summed E-state index contributed by atoms with van der Waals surface area (Å²) >= 11 is 0. The molecule has 0 radical (unpaired) electrons. The Morgan fingerprint density at radius 3 is 3.00 bits per heavy atom. The number of rotatable bonds is 6. The van der Waals surface area contributed by atoms with Gasteiger partial charge in [0, 0.05) is 18.7 Å². The number of hydrogen-bond acceptors (Lipinski definition) is 4. The van der Waals surface area contributed by atoms with Crippen LogP contribution >= 0.6 is 0 Å². The molecule has 1 N–H and O–H groups in total. The topological polar surface area (TPSA) is 47.3 Å². The Morgan fingerprint density at radius 2 is 2.28 bits per heavy atom. The predicted molar refractivity (Wildman–Crippen MR) is 70.9 cm³/mol. The number of nitrogens with zero attached hydrogens (tertiary/aromatic N) is 1. The van der Waals surface area contributed by atoms with E-state index in [1.165, 1.54) is 0 Å². The number of pyridine rings is 1. The van der Waals surface area contributed by atoms with Crippen LogP contribution in [0.3, 0.4) is 0 Å². The Bertz CT molecular complexity index is 468. The standard InChI is InChI=1S/C14H18N2O2/c1-11(7-8-12-5-4-10-18-12)16-14-13(17-2)6-3-9-15-14/h3-6,9-11H,7-8H2,1-2H3,(H,15,16). The maximum Gasteiger partial charge on any atom is 0.168 e. The van der Waals surface area contributed by atoms with Crippen LogP contribution in [0, 0.1) is 0 Å². The largest absolute Gasteiger partial charge is 0.493 e. The molecular formula is C14H18N2O2. The maximum atomic E-state index is 5.31. The van der Waals surface area contributed by atoms with Crippen molar-refractivity contribution in [3.05, 3.63) is 42.5 Å². The van der Waals surface area contributed by atoms with Crippen LogP contribution in [0.15, 0.2) is 41.1 Å². The van der Waals surface area contributed by atoms with Crippen molar-refractivity contribution in [2.75, 3.05) is 12.4 Å². The zero-order valence-corrected chi connectivity index (χ0v) is 10.7. The lowest BCUT2D eigenvalue weighted by atomic mass is 10.1. The molecule has 0 aromatic carbocycles. The van der Waals surface area contributed by atoms with Gasteiger partial charge >= 0.3 is 0 Å². The maximum absolute atomic E-state index is 5.31. The van der Waals surface area contributed by atoms with Gasteiger partial charge in [-0.05, 0) is 37.6 Å². The van der Waals surface area contributed by atoms with Gasteiger partial charge in [-0.2, -0.15) is 0 Å². The molecule has 0 saturated carbocycles. The minimum Gasteiger partial charge on any atom is -0.493 e. The lowest BCUT2D eigenvalue weighted by Crippen LogP contribution is -2.17. The number of furan rings is 1. The summed E-state index contributed by atoms with van der Waals surface area (Å²) in [6, 6.07) is 7.97. The highest BCUT2D eigenvalue weighted by Gasteiger charge is 2.08. The number of hydrogen-bond donors (Lipinski definition) is 1. The van der Waals surface area contributed by atoms with Crippen LogP contribution < -0.4 is 10.1 Å². The number of aromatic nitrogens is 1. The van der Waals surface area contributed by atoms with Gasteiger partial charge in [-0.15, -0.1) is 0 Å². The van der Waals surface area contributed by atoms with Crippen LogP contribution in [0.2, 0.25) is 0 Å². The first-order valence-corrected chi connectivity index (χ1v) is 6.07. The zero-order valence-electron chi connectivity index (χ0n) is 10.7. The third-order valence-electron chi connectivity index (χ3n) is 2.78. The fourth-order valence-electron chi connectivity index (χ4n) is 1.78. The van der Waals surface area contributed by atoms with Crippen molar-refractivity contribution in [3.8, 4) is 5.75 Å². The SMILES string of the molecule is COc1cccnc1NC(C)CCc1ccco1. The van der Waals surface area contributed by atoms with E-state index in [9.17, 15) is 0 Å². The van der Waals surface area contributed by atoms with Crippen LogP contribution in [-0.2, 0) is 6.42 Å². The van der Waals surface area contributed by atoms with Gasteiger partial charge in [0.05, 0.1) is 13.4 Å². The quantitative estimate of drug-likeness (QED) is 0.850. The second-order valence-electron chi connectivity index (χ2n) is 4.22. The van der Waals surface area contributed by atoms with E-state index in [1.54, 1.807) is 19.6 Å². The Morgan fingerprint density at radius 1 is 1.39 bits per heavy atom. The van der Waals surface area contributed by atoms with Gasteiger partial charge in [-0.3, -0.25) is 0 Å². The molecule has 0 amide bonds. The molecule has 2 aromatic heterocycles. The highest BCUT2D eigenvalue weighted by molar-refractivity contribution is 5.49. The third-order valence-corrected chi connectivity index (χ3v) is 2.78. The molecule has 1 unspecified atom stereocenters. The summed E-state index contributed by atoms with van der Waals surface area (Å²) in [6.45, 7) is 2.12. The van der Waals surface area contributed by atoms with Gasteiger partial charge in [0.2, 0.25) is 0 Å². The Hall–Kier alpha value is -1.97. The van der Waals surface area contributed by atoms with Crippen LogP contribution in [0.1, 0.15) is 19.1 Å². The first kappa shape index (κ1) is 12.5. The van der Waals surface area contributed by atoms with E-state index in [2.05, 4.69) is 17.2 Å². The van der Waals surface area contributed by atoms with E-state index in [4.69, 9.17) is 9.15 Å². The highest BCUT2D eigenvalue weighted by atomic mass is 16.5. The van der Waals surface area contributed by atoms with Crippen LogP contribution in [0.25, 0.3) is 0 Å². The monoisotopic (exact) mass is 246 g/mol. The minimum absolute atomic E-state index is 0.305. The average Bonchev–Trinajstić information content (AvgIpc) is 2.90. The smallest absolute Gasteiger partial charge is 0.168 e. The zero-order chi connectivity index (χ0) is 12.8. The van der Waals surface area contributed by atoms with Gasteiger partial charge in [-0.1, -0.05) is 0 Å². The van der Waals surface area contributed by atoms with Gasteiger partial charge in [0.1, 0.15) is 5.76 Å². The van der Waals surface area contributed by atoms with Crippen LogP contribution in [-0.4, -0.2) is 18.1 Å². The normalized spacial score (nSPS) is 12.1. The molecule has 0 spiro atoms. The molecule has 4 nitrogen and oxygen atoms in total. The number of aryl methyl sites for hydroxylation is 1. The molecule has 4 heteroatoms. The third kappa shape index (κ3) is 3.26. The molecule has 2 aromatic rings. The number of anilines is 1. The van der Waals surface area contributed by atoms with Crippen molar-refractivity contribution in [1.29, 1.82) is 0 Å². The van der Waals surface area contributed by atoms with Crippen molar-refractivity contribution < 1.29 is 9.15 Å². The lowest BCUT2D eigenvalue weighted by molar-refractivity contribution is 0.414. The van der Waals surface area contributed by atoms with E-state index in [0.717, 1.165) is 30.2 Å². The van der Waals surface area contributed by atoms with E-state index >= 15 is 0 Å². The first-order chi connectivity index (χ1) is 8.79. The van der Waals surface area contributed by atoms with Crippen molar-refractivity contribution >= 4 is 5.82 Å². The van der Waals surface area contributed by atoms with Crippen molar-refractivity contribution in [2.24, 2.45) is 0 Å². The predicted octanol–water partition coefficient (Wildman–Crippen LogP) is 3.12. The van der Waals surface area contributed by atoms with Gasteiger partial charge in [0.25, 0.3) is 0 Å². The van der Waals surface area contributed by atoms with Gasteiger partial charge in [-0.25, -0.2) is 4.98 Å². The molecule has 0 fully saturated rings. The molecule has 2 rings (SSSR count).